The maximum absolute atomic E-state index is 12.3. The molecule has 2 unspecified atom stereocenters. The highest BCUT2D eigenvalue weighted by atomic mass is 16.6. The SMILES string of the molecule is CC(C)C[C@@H](COc1cc2c(cc1C#N)-c1ccncc1C(C)O2)NC(=O)OC(C)(C)C.CC(C)C[C@H](N)COc1cc2c(cc1C#N)-c1ccncc1C(C)O2. The normalized spacial score (nSPS) is 16.0. The Kier molecular flexibility index (Phi) is 13.7. The molecule has 57 heavy (non-hydrogen) atoms. The zero-order chi connectivity index (χ0) is 41.4. The smallest absolute Gasteiger partial charge is 0.407 e. The van der Waals surface area contributed by atoms with Crippen LogP contribution in [0, 0.1) is 34.5 Å². The average Bonchev–Trinajstić information content (AvgIpc) is 3.15. The molecule has 0 saturated carbocycles. The van der Waals surface area contributed by atoms with Crippen molar-refractivity contribution < 1.29 is 28.5 Å². The molecule has 2 aliphatic heterocycles. The van der Waals surface area contributed by atoms with Gasteiger partial charge in [0.05, 0.1) is 17.2 Å². The third-order valence-corrected chi connectivity index (χ3v) is 9.32. The van der Waals surface area contributed by atoms with Gasteiger partial charge >= 0.3 is 6.09 Å². The molecule has 1 amide bonds. The molecule has 2 aromatic heterocycles. The zero-order valence-corrected chi connectivity index (χ0v) is 34.4. The van der Waals surface area contributed by atoms with Crippen LogP contribution in [0.3, 0.4) is 0 Å². The van der Waals surface area contributed by atoms with E-state index in [0.717, 1.165) is 45.6 Å². The lowest BCUT2D eigenvalue weighted by molar-refractivity contribution is 0.0480. The Bertz CT molecular complexity index is 2130. The third kappa shape index (κ3) is 10.9. The average molecular weight is 775 g/mol. The Morgan fingerprint density at radius 1 is 0.789 bits per heavy atom. The highest BCUT2D eigenvalue weighted by Crippen LogP contribution is 2.46. The predicted octanol–water partition coefficient (Wildman–Crippen LogP) is 9.22. The molecule has 0 aliphatic carbocycles. The van der Waals surface area contributed by atoms with Gasteiger partial charge < -0.3 is 34.7 Å². The van der Waals surface area contributed by atoms with Crippen molar-refractivity contribution in [2.24, 2.45) is 17.6 Å². The number of aromatic nitrogens is 2. The van der Waals surface area contributed by atoms with Gasteiger partial charge in [0, 0.05) is 65.2 Å². The number of nitrogens with two attached hydrogens (primary N) is 1. The Morgan fingerprint density at radius 3 is 1.70 bits per heavy atom. The van der Waals surface area contributed by atoms with Gasteiger partial charge in [0.2, 0.25) is 0 Å². The summed E-state index contributed by atoms with van der Waals surface area (Å²) in [4.78, 5) is 20.6. The second kappa shape index (κ2) is 18.4. The van der Waals surface area contributed by atoms with Crippen molar-refractivity contribution in [3.63, 3.8) is 0 Å². The Labute approximate surface area is 336 Å². The van der Waals surface area contributed by atoms with Gasteiger partial charge in [0.15, 0.2) is 0 Å². The van der Waals surface area contributed by atoms with Crippen molar-refractivity contribution in [2.45, 2.75) is 105 Å². The number of nitrogens with one attached hydrogen (secondary N) is 1. The van der Waals surface area contributed by atoms with E-state index in [1.165, 1.54) is 0 Å². The van der Waals surface area contributed by atoms with Gasteiger partial charge in [0.1, 0.15) is 66.2 Å². The summed E-state index contributed by atoms with van der Waals surface area (Å²) in [7, 11) is 0. The van der Waals surface area contributed by atoms with Crippen LogP contribution < -0.4 is 30.0 Å². The molecule has 2 aromatic carbocycles. The molecule has 3 N–H and O–H groups in total. The van der Waals surface area contributed by atoms with Gasteiger partial charge in [-0.3, -0.25) is 9.97 Å². The lowest BCUT2D eigenvalue weighted by Gasteiger charge is -2.27. The quantitative estimate of drug-likeness (QED) is 0.149. The lowest BCUT2D eigenvalue weighted by atomic mass is 9.93. The van der Waals surface area contributed by atoms with Crippen LogP contribution in [0.25, 0.3) is 22.3 Å². The second-order valence-electron chi connectivity index (χ2n) is 16.3. The lowest BCUT2D eigenvalue weighted by Crippen LogP contribution is -2.42. The van der Waals surface area contributed by atoms with Crippen LogP contribution in [0.1, 0.15) is 110 Å². The minimum Gasteiger partial charge on any atom is -0.490 e. The van der Waals surface area contributed by atoms with Crippen molar-refractivity contribution in [1.82, 2.24) is 15.3 Å². The first-order valence-corrected chi connectivity index (χ1v) is 19.5. The maximum Gasteiger partial charge on any atom is 0.407 e. The van der Waals surface area contributed by atoms with Crippen LogP contribution in [0.2, 0.25) is 0 Å². The number of carbonyl (C=O) groups is 1. The van der Waals surface area contributed by atoms with Gasteiger partial charge in [-0.2, -0.15) is 10.5 Å². The number of nitrogens with zero attached hydrogens (tertiary/aromatic N) is 4. The van der Waals surface area contributed by atoms with E-state index < -0.39 is 11.7 Å². The summed E-state index contributed by atoms with van der Waals surface area (Å²) >= 11 is 0. The van der Waals surface area contributed by atoms with Crippen molar-refractivity contribution in [2.75, 3.05) is 13.2 Å². The Hall–Kier alpha value is -5.85. The Balaban J connectivity index is 0.000000224. The topological polar surface area (TPSA) is 175 Å². The largest absolute Gasteiger partial charge is 0.490 e. The molecule has 6 rings (SSSR count). The van der Waals surface area contributed by atoms with Crippen molar-refractivity contribution in [3.8, 4) is 57.4 Å². The number of alkyl carbamates (subject to hydrolysis) is 1. The fourth-order valence-electron chi connectivity index (χ4n) is 6.88. The van der Waals surface area contributed by atoms with Crippen molar-refractivity contribution in [3.05, 3.63) is 83.4 Å². The van der Waals surface area contributed by atoms with Crippen LogP contribution in [0.15, 0.2) is 61.2 Å². The minimum atomic E-state index is -0.584. The predicted molar refractivity (Wildman–Crippen MR) is 218 cm³/mol. The van der Waals surface area contributed by atoms with Crippen LogP contribution in [0.4, 0.5) is 4.79 Å². The number of hydrogen-bond donors (Lipinski definition) is 2. The summed E-state index contributed by atoms with van der Waals surface area (Å²) in [5, 5.41) is 22.1. The summed E-state index contributed by atoms with van der Waals surface area (Å²) in [5.41, 5.74) is 12.2. The van der Waals surface area contributed by atoms with Crippen LogP contribution in [0.5, 0.6) is 23.0 Å². The summed E-state index contributed by atoms with van der Waals surface area (Å²) in [5.74, 6) is 3.17. The van der Waals surface area contributed by atoms with Gasteiger partial charge in [0.25, 0.3) is 0 Å². The van der Waals surface area contributed by atoms with E-state index in [9.17, 15) is 15.3 Å². The van der Waals surface area contributed by atoms with Gasteiger partial charge in [-0.15, -0.1) is 0 Å². The van der Waals surface area contributed by atoms with E-state index in [1.807, 2.05) is 59.0 Å². The fourth-order valence-corrected chi connectivity index (χ4v) is 6.88. The number of benzene rings is 2. The van der Waals surface area contributed by atoms with E-state index in [4.69, 9.17) is 29.4 Å². The number of pyridine rings is 2. The first kappa shape index (κ1) is 42.3. The molecule has 0 fully saturated rings. The number of hydrogen-bond acceptors (Lipinski definition) is 11. The van der Waals surface area contributed by atoms with E-state index >= 15 is 0 Å². The Morgan fingerprint density at radius 2 is 1.26 bits per heavy atom. The molecule has 300 valence electrons. The van der Waals surface area contributed by atoms with Crippen molar-refractivity contribution >= 4 is 6.09 Å². The number of nitriles is 2. The molecule has 0 radical (unpaired) electrons. The molecule has 12 heteroatoms. The number of amides is 1. The highest BCUT2D eigenvalue weighted by Gasteiger charge is 2.28. The monoisotopic (exact) mass is 774 g/mol. The van der Waals surface area contributed by atoms with Gasteiger partial charge in [-0.1, -0.05) is 27.7 Å². The first-order chi connectivity index (χ1) is 27.1. The molecule has 0 bridgehead atoms. The third-order valence-electron chi connectivity index (χ3n) is 9.32. The molecular formula is C45H54N6O6. The van der Waals surface area contributed by atoms with Crippen LogP contribution >= 0.6 is 0 Å². The summed E-state index contributed by atoms with van der Waals surface area (Å²) in [6.45, 7) is 18.4. The molecule has 2 aliphatic rings. The second-order valence-corrected chi connectivity index (χ2v) is 16.3. The summed E-state index contributed by atoms with van der Waals surface area (Å²) in [6, 6.07) is 15.2. The highest BCUT2D eigenvalue weighted by molar-refractivity contribution is 5.79. The molecule has 4 atom stereocenters. The van der Waals surface area contributed by atoms with Crippen LogP contribution in [-0.2, 0) is 4.74 Å². The van der Waals surface area contributed by atoms with Gasteiger partial charge in [-0.25, -0.2) is 4.79 Å². The number of rotatable bonds is 11. The molecule has 4 aromatic rings. The molecular weight excluding hydrogens is 721 g/mol. The minimum absolute atomic E-state index is 0.0609. The molecule has 12 nitrogen and oxygen atoms in total. The molecule has 4 heterocycles. The maximum atomic E-state index is 12.3. The van der Waals surface area contributed by atoms with Crippen LogP contribution in [-0.4, -0.2) is 47.0 Å². The zero-order valence-electron chi connectivity index (χ0n) is 34.4. The van der Waals surface area contributed by atoms with E-state index in [2.05, 4.69) is 55.1 Å². The summed E-state index contributed by atoms with van der Waals surface area (Å²) in [6.07, 6.45) is 7.93. The van der Waals surface area contributed by atoms with E-state index in [1.54, 1.807) is 36.8 Å². The number of ether oxygens (including phenoxy) is 5. The van der Waals surface area contributed by atoms with Gasteiger partial charge in [-0.05, 0) is 94.7 Å². The van der Waals surface area contributed by atoms with E-state index in [0.29, 0.717) is 53.2 Å². The molecule has 0 spiro atoms. The number of fused-ring (bicyclic) bond motifs is 6. The standard InChI is InChI=1S/C25H31N3O4.C20H23N3O2/c1-15(2)9-18(28-24(29)32-25(4,5)6)14-30-22-11-23-20(10-17(22)12-26)19-7-8-27-13-21(19)16(3)31-23;1-12(2)6-15(22)11-24-19-8-20-17(7-14(19)9-21)16-4-5-23-10-18(16)13(3)25-20/h7-8,10-11,13,15-16,18H,9,14H2,1-6H3,(H,28,29);4-5,7-8,10,12-13,15H,6,11,22H2,1-3H3/t16?,18-;13?,15-/m00/s1. The summed E-state index contributed by atoms with van der Waals surface area (Å²) < 4.78 is 29.3. The van der Waals surface area contributed by atoms with Crippen molar-refractivity contribution in [1.29, 1.82) is 10.5 Å². The molecule has 0 saturated heterocycles. The fraction of sp³-hybridized carbons (Fsp3) is 0.444. The van der Waals surface area contributed by atoms with E-state index in [-0.39, 0.29) is 30.9 Å². The first-order valence-electron chi connectivity index (χ1n) is 19.5. The number of carbonyl (C=O) groups excluding carboxylic acids is 1.